The second-order valence-corrected chi connectivity index (χ2v) is 11.1. The van der Waals surface area contributed by atoms with Gasteiger partial charge in [-0.3, -0.25) is 9.59 Å². The Labute approximate surface area is 218 Å². The predicted molar refractivity (Wildman–Crippen MR) is 142 cm³/mol. The predicted octanol–water partition coefficient (Wildman–Crippen LogP) is 6.86. The van der Waals surface area contributed by atoms with E-state index in [4.69, 9.17) is 23.2 Å². The summed E-state index contributed by atoms with van der Waals surface area (Å²) in [6, 6.07) is 12.9. The molecule has 0 saturated heterocycles. The van der Waals surface area contributed by atoms with Gasteiger partial charge < -0.3 is 10.2 Å². The van der Waals surface area contributed by atoms with E-state index in [0.717, 1.165) is 41.3 Å². The summed E-state index contributed by atoms with van der Waals surface area (Å²) < 4.78 is 0.943. The Morgan fingerprint density at radius 3 is 2.61 bits per heavy atom. The standard InChI is InChI=1S/C25H29BrCl2N2O2S/c1-17(25(32)29-22-8-3-2-4-9-22)30(14-18-6-5-7-20(26)12-18)24(31)16-33-15-19-10-11-21(27)13-23(19)28/h5-7,10-13,17,22H,2-4,8-9,14-16H2,1H3,(H,29,32)/t17-/m0/s1. The molecule has 2 aromatic rings. The van der Waals surface area contributed by atoms with Crippen LogP contribution in [0.3, 0.4) is 0 Å². The molecule has 0 spiro atoms. The summed E-state index contributed by atoms with van der Waals surface area (Å²) in [7, 11) is 0. The van der Waals surface area contributed by atoms with Crippen LogP contribution < -0.4 is 5.32 Å². The number of carbonyl (C=O) groups is 2. The van der Waals surface area contributed by atoms with Crippen molar-refractivity contribution in [2.75, 3.05) is 5.75 Å². The lowest BCUT2D eigenvalue weighted by Crippen LogP contribution is -2.50. The molecule has 0 heterocycles. The molecule has 4 nitrogen and oxygen atoms in total. The molecule has 8 heteroatoms. The normalized spacial score (nSPS) is 15.2. The van der Waals surface area contributed by atoms with Crippen molar-refractivity contribution >= 4 is 62.7 Å². The lowest BCUT2D eigenvalue weighted by molar-refractivity contribution is -0.139. The molecule has 1 N–H and O–H groups in total. The van der Waals surface area contributed by atoms with E-state index in [1.807, 2.05) is 37.3 Å². The first-order chi connectivity index (χ1) is 15.8. The number of halogens is 3. The summed E-state index contributed by atoms with van der Waals surface area (Å²) in [6.45, 7) is 2.19. The molecule has 0 aromatic heterocycles. The minimum Gasteiger partial charge on any atom is -0.352 e. The number of rotatable bonds is 9. The van der Waals surface area contributed by atoms with Gasteiger partial charge in [0.25, 0.3) is 0 Å². The van der Waals surface area contributed by atoms with Gasteiger partial charge in [0.15, 0.2) is 0 Å². The largest absolute Gasteiger partial charge is 0.352 e. The van der Waals surface area contributed by atoms with Crippen molar-refractivity contribution in [1.82, 2.24) is 10.2 Å². The van der Waals surface area contributed by atoms with Crippen molar-refractivity contribution in [2.45, 2.75) is 63.4 Å². The van der Waals surface area contributed by atoms with Crippen molar-refractivity contribution in [3.63, 3.8) is 0 Å². The van der Waals surface area contributed by atoms with Crippen LogP contribution in [-0.4, -0.2) is 34.6 Å². The summed E-state index contributed by atoms with van der Waals surface area (Å²) in [6.07, 6.45) is 5.53. The quantitative estimate of drug-likeness (QED) is 0.358. The number of carbonyl (C=O) groups excluding carboxylic acids is 2. The zero-order valence-corrected chi connectivity index (χ0v) is 22.6. The van der Waals surface area contributed by atoms with Gasteiger partial charge in [-0.2, -0.15) is 0 Å². The molecular weight excluding hydrogens is 543 g/mol. The average Bonchev–Trinajstić information content (AvgIpc) is 2.79. The van der Waals surface area contributed by atoms with Gasteiger partial charge in [-0.05, 0) is 55.2 Å². The van der Waals surface area contributed by atoms with Crippen LogP contribution >= 0.6 is 50.9 Å². The summed E-state index contributed by atoms with van der Waals surface area (Å²) in [5.41, 5.74) is 1.90. The van der Waals surface area contributed by atoms with Gasteiger partial charge in [-0.1, -0.05) is 76.6 Å². The van der Waals surface area contributed by atoms with E-state index in [0.29, 0.717) is 22.3 Å². The fourth-order valence-corrected chi connectivity index (χ4v) is 5.87. The third-order valence-corrected chi connectivity index (χ3v) is 7.91. The Bertz CT molecular complexity index is 969. The summed E-state index contributed by atoms with van der Waals surface area (Å²) >= 11 is 17.2. The molecule has 1 fully saturated rings. The molecule has 2 aromatic carbocycles. The number of hydrogen-bond acceptors (Lipinski definition) is 3. The molecule has 2 amide bonds. The van der Waals surface area contributed by atoms with E-state index in [1.165, 1.54) is 18.2 Å². The lowest BCUT2D eigenvalue weighted by atomic mass is 9.95. The molecule has 1 aliphatic carbocycles. The van der Waals surface area contributed by atoms with Crippen molar-refractivity contribution in [2.24, 2.45) is 0 Å². The topological polar surface area (TPSA) is 49.4 Å². The van der Waals surface area contributed by atoms with Crippen LogP contribution in [0, 0.1) is 0 Å². The molecule has 1 aliphatic rings. The van der Waals surface area contributed by atoms with Crippen LogP contribution in [-0.2, 0) is 21.9 Å². The second kappa shape index (κ2) is 13.0. The monoisotopic (exact) mass is 570 g/mol. The average molecular weight is 572 g/mol. The van der Waals surface area contributed by atoms with Gasteiger partial charge in [0.1, 0.15) is 6.04 Å². The van der Waals surface area contributed by atoms with E-state index < -0.39 is 6.04 Å². The van der Waals surface area contributed by atoms with Gasteiger partial charge in [-0.25, -0.2) is 0 Å². The maximum absolute atomic E-state index is 13.3. The minimum absolute atomic E-state index is 0.0728. The van der Waals surface area contributed by atoms with Crippen molar-refractivity contribution in [3.05, 3.63) is 68.1 Å². The SMILES string of the molecule is C[C@@H](C(=O)NC1CCCCC1)N(Cc1cccc(Br)c1)C(=O)CSCc1ccc(Cl)cc1Cl. The van der Waals surface area contributed by atoms with Gasteiger partial charge in [0.05, 0.1) is 5.75 Å². The molecule has 0 aliphatic heterocycles. The number of thioether (sulfide) groups is 1. The van der Waals surface area contributed by atoms with E-state index in [1.54, 1.807) is 17.0 Å². The highest BCUT2D eigenvalue weighted by molar-refractivity contribution is 9.10. The Morgan fingerprint density at radius 2 is 1.91 bits per heavy atom. The number of amides is 2. The summed E-state index contributed by atoms with van der Waals surface area (Å²) in [5, 5.41) is 4.34. The van der Waals surface area contributed by atoms with E-state index in [-0.39, 0.29) is 23.6 Å². The van der Waals surface area contributed by atoms with Crippen molar-refractivity contribution in [1.29, 1.82) is 0 Å². The van der Waals surface area contributed by atoms with E-state index in [9.17, 15) is 9.59 Å². The smallest absolute Gasteiger partial charge is 0.242 e. The Morgan fingerprint density at radius 1 is 1.15 bits per heavy atom. The zero-order valence-electron chi connectivity index (χ0n) is 18.7. The van der Waals surface area contributed by atoms with E-state index in [2.05, 4.69) is 21.2 Å². The molecule has 178 valence electrons. The second-order valence-electron chi connectivity index (χ2n) is 8.40. The van der Waals surface area contributed by atoms with Crippen LogP contribution in [0.5, 0.6) is 0 Å². The number of nitrogens with zero attached hydrogens (tertiary/aromatic N) is 1. The molecule has 1 atom stereocenters. The lowest BCUT2D eigenvalue weighted by Gasteiger charge is -2.31. The third-order valence-electron chi connectivity index (χ3n) is 5.86. The molecule has 0 unspecified atom stereocenters. The van der Waals surface area contributed by atoms with Gasteiger partial charge in [0, 0.05) is 32.9 Å². The number of nitrogens with one attached hydrogen (secondary N) is 1. The fraction of sp³-hybridized carbons (Fsp3) is 0.440. The Hall–Kier alpha value is -1.21. The maximum Gasteiger partial charge on any atom is 0.242 e. The van der Waals surface area contributed by atoms with Gasteiger partial charge in [-0.15, -0.1) is 11.8 Å². The van der Waals surface area contributed by atoms with Crippen LogP contribution in [0.1, 0.15) is 50.2 Å². The highest BCUT2D eigenvalue weighted by Crippen LogP contribution is 2.25. The van der Waals surface area contributed by atoms with Crippen LogP contribution in [0.15, 0.2) is 46.9 Å². The van der Waals surface area contributed by atoms with Crippen LogP contribution in [0.4, 0.5) is 0 Å². The molecule has 3 rings (SSSR count). The minimum atomic E-state index is -0.557. The third kappa shape index (κ3) is 8.20. The Kier molecular flexibility index (Phi) is 10.4. The molecule has 0 radical (unpaired) electrons. The van der Waals surface area contributed by atoms with Gasteiger partial charge >= 0.3 is 0 Å². The Balaban J connectivity index is 1.66. The summed E-state index contributed by atoms with van der Waals surface area (Å²) in [5.74, 6) is 0.690. The van der Waals surface area contributed by atoms with Crippen LogP contribution in [0.2, 0.25) is 10.0 Å². The number of benzene rings is 2. The first-order valence-corrected chi connectivity index (χ1v) is 13.9. The highest BCUT2D eigenvalue weighted by Gasteiger charge is 2.28. The maximum atomic E-state index is 13.3. The van der Waals surface area contributed by atoms with Crippen molar-refractivity contribution < 1.29 is 9.59 Å². The molecular formula is C25H29BrCl2N2O2S. The number of hydrogen-bond donors (Lipinski definition) is 1. The van der Waals surface area contributed by atoms with Gasteiger partial charge in [0.2, 0.25) is 11.8 Å². The first-order valence-electron chi connectivity index (χ1n) is 11.2. The zero-order chi connectivity index (χ0) is 23.8. The van der Waals surface area contributed by atoms with Crippen LogP contribution in [0.25, 0.3) is 0 Å². The molecule has 1 saturated carbocycles. The molecule has 0 bridgehead atoms. The fourth-order valence-electron chi connectivity index (χ4n) is 3.95. The first kappa shape index (κ1) is 26.4. The van der Waals surface area contributed by atoms with Crippen molar-refractivity contribution in [3.8, 4) is 0 Å². The van der Waals surface area contributed by atoms with E-state index >= 15 is 0 Å². The summed E-state index contributed by atoms with van der Waals surface area (Å²) in [4.78, 5) is 28.0. The molecule has 33 heavy (non-hydrogen) atoms. The highest BCUT2D eigenvalue weighted by atomic mass is 79.9.